The summed E-state index contributed by atoms with van der Waals surface area (Å²) in [6.07, 6.45) is -4.67. The number of alkyl halides is 3. The first-order valence-electron chi connectivity index (χ1n) is 12.4. The standard InChI is InChI=1S/C29H24ClF3N2O5/c1-16-10-11-20(13-21(16)30)35-25(36)22-23(26(35)37)28(27(38)39,15-40-14-17-6-3-2-4-7-17)34-24(22)18-8-5-9-19(12-18)29(31,32)33/h2-13,22-24,34H,14-15H2,1H3,(H,38,39). The molecule has 0 bridgehead atoms. The molecular weight excluding hydrogens is 549 g/mol. The van der Waals surface area contributed by atoms with Crippen LogP contribution in [0.5, 0.6) is 0 Å². The van der Waals surface area contributed by atoms with E-state index in [2.05, 4.69) is 5.32 Å². The molecule has 2 aliphatic rings. The molecule has 3 aromatic carbocycles. The van der Waals surface area contributed by atoms with Crippen LogP contribution in [0.3, 0.4) is 0 Å². The number of carboxylic acid groups (broad SMARTS) is 1. The van der Waals surface area contributed by atoms with E-state index in [1.807, 2.05) is 0 Å². The molecule has 11 heteroatoms. The van der Waals surface area contributed by atoms with Gasteiger partial charge < -0.3 is 9.84 Å². The van der Waals surface area contributed by atoms with Crippen molar-refractivity contribution in [3.63, 3.8) is 0 Å². The fourth-order valence-electron chi connectivity index (χ4n) is 5.47. The van der Waals surface area contributed by atoms with E-state index in [1.165, 1.54) is 24.3 Å². The third-order valence-electron chi connectivity index (χ3n) is 7.46. The molecule has 0 aliphatic carbocycles. The summed E-state index contributed by atoms with van der Waals surface area (Å²) in [5.74, 6) is -5.78. The third kappa shape index (κ3) is 4.76. The molecule has 208 valence electrons. The van der Waals surface area contributed by atoms with Crippen LogP contribution in [0.25, 0.3) is 0 Å². The molecule has 2 amide bonds. The van der Waals surface area contributed by atoms with Gasteiger partial charge in [-0.05, 0) is 47.9 Å². The minimum absolute atomic E-state index is 0.0165. The highest BCUT2D eigenvalue weighted by atomic mass is 35.5. The van der Waals surface area contributed by atoms with Crippen molar-refractivity contribution in [2.75, 3.05) is 11.5 Å². The summed E-state index contributed by atoms with van der Waals surface area (Å²) in [5, 5.41) is 13.6. The average Bonchev–Trinajstić information content (AvgIpc) is 3.40. The molecule has 3 aromatic rings. The van der Waals surface area contributed by atoms with Crippen molar-refractivity contribution in [2.45, 2.75) is 31.3 Å². The monoisotopic (exact) mass is 572 g/mol. The quantitative estimate of drug-likeness (QED) is 0.380. The zero-order valence-corrected chi connectivity index (χ0v) is 21.9. The van der Waals surface area contributed by atoms with Gasteiger partial charge in [-0.15, -0.1) is 0 Å². The van der Waals surface area contributed by atoms with Crippen LogP contribution < -0.4 is 10.2 Å². The Bertz CT molecular complexity index is 1480. The van der Waals surface area contributed by atoms with E-state index in [0.29, 0.717) is 10.6 Å². The number of amides is 2. The van der Waals surface area contributed by atoms with Crippen molar-refractivity contribution < 1.29 is 37.4 Å². The number of nitrogens with zero attached hydrogens (tertiary/aromatic N) is 1. The molecule has 0 saturated carbocycles. The molecular formula is C29H24ClF3N2O5. The zero-order chi connectivity index (χ0) is 28.8. The fraction of sp³-hybridized carbons (Fsp3) is 0.276. The normalized spacial score (nSPS) is 24.4. The van der Waals surface area contributed by atoms with Gasteiger partial charge in [0, 0.05) is 11.1 Å². The summed E-state index contributed by atoms with van der Waals surface area (Å²) in [7, 11) is 0. The van der Waals surface area contributed by atoms with E-state index >= 15 is 0 Å². The van der Waals surface area contributed by atoms with E-state index in [-0.39, 0.29) is 17.9 Å². The van der Waals surface area contributed by atoms with E-state index in [9.17, 15) is 32.7 Å². The second-order valence-electron chi connectivity index (χ2n) is 9.95. The molecule has 5 rings (SSSR count). The molecule has 2 fully saturated rings. The van der Waals surface area contributed by atoms with Crippen LogP contribution in [0.2, 0.25) is 5.02 Å². The highest BCUT2D eigenvalue weighted by Crippen LogP contribution is 2.50. The number of carbonyl (C=O) groups excluding carboxylic acids is 2. The second kappa shape index (κ2) is 10.3. The lowest BCUT2D eigenvalue weighted by atomic mass is 9.79. The number of aliphatic carboxylic acids is 1. The molecule has 0 radical (unpaired) electrons. The Kier molecular flexibility index (Phi) is 7.20. The topological polar surface area (TPSA) is 95.9 Å². The van der Waals surface area contributed by atoms with Crippen LogP contribution in [0.15, 0.2) is 72.8 Å². The van der Waals surface area contributed by atoms with Gasteiger partial charge in [-0.2, -0.15) is 13.2 Å². The predicted octanol–water partition coefficient (Wildman–Crippen LogP) is 5.16. The minimum Gasteiger partial charge on any atom is -0.480 e. The van der Waals surface area contributed by atoms with E-state index in [4.69, 9.17) is 16.3 Å². The Morgan fingerprint density at radius 1 is 1.05 bits per heavy atom. The molecule has 2 aliphatic heterocycles. The summed E-state index contributed by atoms with van der Waals surface area (Å²) in [6.45, 7) is 1.24. The Balaban J connectivity index is 1.58. The Hall–Kier alpha value is -3.73. The van der Waals surface area contributed by atoms with Crippen LogP contribution in [0.4, 0.5) is 18.9 Å². The number of carboxylic acids is 1. The molecule has 2 N–H and O–H groups in total. The lowest BCUT2D eigenvalue weighted by Gasteiger charge is -2.31. The summed E-state index contributed by atoms with van der Waals surface area (Å²) in [5.41, 5.74) is -1.45. The molecule has 0 aromatic heterocycles. The van der Waals surface area contributed by atoms with Crippen LogP contribution in [-0.4, -0.2) is 35.0 Å². The molecule has 4 atom stereocenters. The number of ether oxygens (including phenoxy) is 1. The first-order chi connectivity index (χ1) is 18.9. The molecule has 4 unspecified atom stereocenters. The number of halogens is 4. The van der Waals surface area contributed by atoms with E-state index < -0.39 is 59.5 Å². The van der Waals surface area contributed by atoms with Gasteiger partial charge in [0.05, 0.1) is 36.3 Å². The minimum atomic E-state index is -4.67. The Labute approximate surface area is 232 Å². The lowest BCUT2D eigenvalue weighted by molar-refractivity contribution is -0.152. The fourth-order valence-corrected chi connectivity index (χ4v) is 5.64. The number of hydrogen-bond acceptors (Lipinski definition) is 5. The number of imide groups is 1. The van der Waals surface area contributed by atoms with Crippen molar-refractivity contribution in [1.82, 2.24) is 5.32 Å². The number of rotatable bonds is 7. The van der Waals surface area contributed by atoms with Gasteiger partial charge in [0.15, 0.2) is 5.54 Å². The molecule has 2 saturated heterocycles. The first-order valence-corrected chi connectivity index (χ1v) is 12.8. The van der Waals surface area contributed by atoms with Gasteiger partial charge in [-0.3, -0.25) is 19.7 Å². The van der Waals surface area contributed by atoms with E-state index in [1.54, 1.807) is 43.3 Å². The van der Waals surface area contributed by atoms with Crippen LogP contribution in [0, 0.1) is 18.8 Å². The average molecular weight is 573 g/mol. The molecule has 0 spiro atoms. The van der Waals surface area contributed by atoms with Gasteiger partial charge in [0.1, 0.15) is 0 Å². The number of aryl methyl sites for hydroxylation is 1. The lowest BCUT2D eigenvalue weighted by Crippen LogP contribution is -2.59. The van der Waals surface area contributed by atoms with Crippen LogP contribution in [-0.2, 0) is 31.9 Å². The maximum absolute atomic E-state index is 13.9. The summed E-state index contributed by atoms with van der Waals surface area (Å²) in [6, 6.07) is 16.5. The van der Waals surface area contributed by atoms with Crippen molar-refractivity contribution in [2.24, 2.45) is 11.8 Å². The maximum Gasteiger partial charge on any atom is 0.416 e. The van der Waals surface area contributed by atoms with Crippen molar-refractivity contribution in [1.29, 1.82) is 0 Å². The van der Waals surface area contributed by atoms with E-state index in [0.717, 1.165) is 22.6 Å². The molecule has 40 heavy (non-hydrogen) atoms. The number of benzene rings is 3. The molecule has 7 nitrogen and oxygen atoms in total. The Morgan fingerprint density at radius 3 is 2.42 bits per heavy atom. The van der Waals surface area contributed by atoms with Crippen LogP contribution >= 0.6 is 11.6 Å². The highest BCUT2D eigenvalue weighted by molar-refractivity contribution is 6.32. The van der Waals surface area contributed by atoms with Crippen molar-refractivity contribution >= 4 is 35.1 Å². The van der Waals surface area contributed by atoms with Gasteiger partial charge >= 0.3 is 12.1 Å². The van der Waals surface area contributed by atoms with Crippen LogP contribution in [0.1, 0.15) is 28.3 Å². The van der Waals surface area contributed by atoms with Gasteiger partial charge in [0.2, 0.25) is 11.8 Å². The van der Waals surface area contributed by atoms with Gasteiger partial charge in [-0.25, -0.2) is 4.90 Å². The smallest absolute Gasteiger partial charge is 0.416 e. The van der Waals surface area contributed by atoms with Gasteiger partial charge in [-0.1, -0.05) is 60.1 Å². The van der Waals surface area contributed by atoms with Crippen molar-refractivity contribution in [3.05, 3.63) is 100 Å². The third-order valence-corrected chi connectivity index (χ3v) is 7.87. The summed E-state index contributed by atoms with van der Waals surface area (Å²) < 4.78 is 46.4. The maximum atomic E-state index is 13.9. The zero-order valence-electron chi connectivity index (χ0n) is 21.1. The number of anilines is 1. The van der Waals surface area contributed by atoms with Gasteiger partial charge in [0.25, 0.3) is 0 Å². The second-order valence-corrected chi connectivity index (χ2v) is 10.4. The number of nitrogens with one attached hydrogen (secondary N) is 1. The molecule has 2 heterocycles. The predicted molar refractivity (Wildman–Crippen MR) is 139 cm³/mol. The number of hydrogen-bond donors (Lipinski definition) is 2. The van der Waals surface area contributed by atoms with Crippen molar-refractivity contribution in [3.8, 4) is 0 Å². The SMILES string of the molecule is Cc1ccc(N2C(=O)C3C(c4cccc(C(F)(F)F)c4)NC(COCc4ccccc4)(C(=O)O)C3C2=O)cc1Cl. The number of carbonyl (C=O) groups is 3. The number of fused-ring (bicyclic) bond motifs is 1. The largest absolute Gasteiger partial charge is 0.480 e. The Morgan fingerprint density at radius 2 is 1.77 bits per heavy atom. The summed E-state index contributed by atoms with van der Waals surface area (Å²) in [4.78, 5) is 41.5. The summed E-state index contributed by atoms with van der Waals surface area (Å²) >= 11 is 6.24. The first kappa shape index (κ1) is 27.8. The highest BCUT2D eigenvalue weighted by Gasteiger charge is 2.69.